The van der Waals surface area contributed by atoms with Gasteiger partial charge in [0.25, 0.3) is 5.01 Å². The third kappa shape index (κ3) is 7.84. The fraction of sp³-hybridized carbons (Fsp3) is 0.385. The minimum absolute atomic E-state index is 0.0605. The van der Waals surface area contributed by atoms with Crippen molar-refractivity contribution in [2.45, 2.75) is 32.2 Å². The van der Waals surface area contributed by atoms with Gasteiger partial charge in [0.15, 0.2) is 11.7 Å². The van der Waals surface area contributed by atoms with Crippen molar-refractivity contribution < 1.29 is 14.8 Å². The number of hydrogen-bond donors (Lipinski definition) is 4. The molecule has 3 aromatic rings. The summed E-state index contributed by atoms with van der Waals surface area (Å²) in [4.78, 5) is 1.98. The summed E-state index contributed by atoms with van der Waals surface area (Å²) in [5, 5.41) is 27.2. The van der Waals surface area contributed by atoms with Gasteiger partial charge in [-0.3, -0.25) is 5.41 Å². The molecule has 0 spiro atoms. The monoisotopic (exact) mass is 499 g/mol. The van der Waals surface area contributed by atoms with E-state index >= 15 is 0 Å². The summed E-state index contributed by atoms with van der Waals surface area (Å²) in [6, 6.07) is 16.8. The number of benzene rings is 2. The van der Waals surface area contributed by atoms with E-state index in [9.17, 15) is 10.2 Å². The molecule has 0 unspecified atom stereocenters. The van der Waals surface area contributed by atoms with Gasteiger partial charge in [0, 0.05) is 43.1 Å². The maximum absolute atomic E-state index is 9.26. The number of thiazole rings is 1. The predicted molar refractivity (Wildman–Crippen MR) is 147 cm³/mol. The van der Waals surface area contributed by atoms with Crippen molar-refractivity contribution in [2.24, 2.45) is 5.73 Å². The number of fused-ring (bicyclic) bond motifs is 1. The standard InChI is InChI=1S/C26H35N4O2S2/c27-26(28)33-20-6-2-1-5-15-30-23-7-3-4-8-24(23)34-25(30)14-11-21-9-12-22(13-10-21)29(16-18-31)17-19-32/h3-4,7-14,31-32H,1-2,5-6,15-20H2,(H3,27,28)/q+1. The summed E-state index contributed by atoms with van der Waals surface area (Å²) < 4.78 is 3.71. The number of aromatic nitrogens is 1. The first-order valence-corrected chi connectivity index (χ1v) is 13.6. The van der Waals surface area contributed by atoms with Crippen molar-refractivity contribution in [2.75, 3.05) is 37.0 Å². The Morgan fingerprint density at radius 2 is 1.68 bits per heavy atom. The minimum atomic E-state index is 0.0605. The SMILES string of the molecule is N=C(N)SCCCCCC[n+]1c(/C=C/c2ccc(N(CCO)CCO)cc2)sc2ccccc21. The number of rotatable bonds is 14. The zero-order valence-corrected chi connectivity index (χ0v) is 21.2. The van der Waals surface area contributed by atoms with Crippen LogP contribution >= 0.6 is 23.1 Å². The minimum Gasteiger partial charge on any atom is -0.395 e. The van der Waals surface area contributed by atoms with Crippen molar-refractivity contribution in [3.8, 4) is 0 Å². The fourth-order valence-electron chi connectivity index (χ4n) is 3.89. The third-order valence-corrected chi connectivity index (χ3v) is 7.52. The van der Waals surface area contributed by atoms with Gasteiger partial charge in [0.05, 0.1) is 13.2 Å². The lowest BCUT2D eigenvalue weighted by Gasteiger charge is -2.22. The van der Waals surface area contributed by atoms with Gasteiger partial charge in [-0.1, -0.05) is 53.8 Å². The summed E-state index contributed by atoms with van der Waals surface area (Å²) in [5.41, 5.74) is 8.79. The van der Waals surface area contributed by atoms with E-state index in [1.54, 1.807) is 0 Å². The molecule has 0 amide bonds. The highest BCUT2D eigenvalue weighted by molar-refractivity contribution is 8.13. The summed E-state index contributed by atoms with van der Waals surface area (Å²) in [7, 11) is 0. The smallest absolute Gasteiger partial charge is 0.262 e. The lowest BCUT2D eigenvalue weighted by atomic mass is 10.1. The number of thioether (sulfide) groups is 1. The Labute approximate surface area is 210 Å². The van der Waals surface area contributed by atoms with Gasteiger partial charge < -0.3 is 20.8 Å². The number of nitrogens with zero attached hydrogens (tertiary/aromatic N) is 2. The van der Waals surface area contributed by atoms with Crippen LogP contribution in [0.3, 0.4) is 0 Å². The van der Waals surface area contributed by atoms with Gasteiger partial charge in [-0.15, -0.1) is 0 Å². The molecule has 0 aliphatic rings. The quantitative estimate of drug-likeness (QED) is 0.115. The van der Waals surface area contributed by atoms with E-state index in [1.807, 2.05) is 28.4 Å². The van der Waals surface area contributed by atoms with Crippen LogP contribution in [0.5, 0.6) is 0 Å². The fourth-order valence-corrected chi connectivity index (χ4v) is 5.55. The second-order valence-corrected chi connectivity index (χ2v) is 10.2. The van der Waals surface area contributed by atoms with Crippen LogP contribution in [-0.2, 0) is 6.54 Å². The number of para-hydroxylation sites is 1. The first kappa shape index (κ1) is 26.2. The van der Waals surface area contributed by atoms with Gasteiger partial charge in [0.1, 0.15) is 4.70 Å². The van der Waals surface area contributed by atoms with Crippen molar-refractivity contribution in [3.63, 3.8) is 0 Å². The molecule has 6 nitrogen and oxygen atoms in total. The van der Waals surface area contributed by atoms with Crippen LogP contribution in [0.15, 0.2) is 48.5 Å². The number of aryl methyl sites for hydroxylation is 1. The topological polar surface area (TPSA) is 97.5 Å². The van der Waals surface area contributed by atoms with E-state index in [0.717, 1.165) is 42.8 Å². The Kier molecular flexibility index (Phi) is 10.9. The molecule has 0 aliphatic carbocycles. The number of hydrogen-bond acceptors (Lipinski definition) is 6. The lowest BCUT2D eigenvalue weighted by molar-refractivity contribution is -0.669. The number of amidine groups is 1. The molecule has 8 heteroatoms. The van der Waals surface area contributed by atoms with Gasteiger partial charge in [-0.05, 0) is 42.7 Å². The first-order chi connectivity index (χ1) is 16.6. The molecule has 0 saturated carbocycles. The lowest BCUT2D eigenvalue weighted by Crippen LogP contribution is -2.34. The average Bonchev–Trinajstić information content (AvgIpc) is 3.19. The summed E-state index contributed by atoms with van der Waals surface area (Å²) in [6.45, 7) is 2.12. The Morgan fingerprint density at radius 1 is 0.971 bits per heavy atom. The Balaban J connectivity index is 1.66. The molecule has 1 heterocycles. The molecule has 34 heavy (non-hydrogen) atoms. The molecule has 3 rings (SSSR count). The first-order valence-electron chi connectivity index (χ1n) is 11.8. The number of unbranched alkanes of at least 4 members (excludes halogenated alkanes) is 3. The molecule has 2 aromatic carbocycles. The molecule has 0 radical (unpaired) electrons. The van der Waals surface area contributed by atoms with E-state index in [4.69, 9.17) is 11.1 Å². The van der Waals surface area contributed by atoms with E-state index < -0.39 is 0 Å². The number of aliphatic hydroxyl groups excluding tert-OH is 2. The number of aliphatic hydroxyl groups is 2. The van der Waals surface area contributed by atoms with E-state index in [0.29, 0.717) is 13.1 Å². The summed E-state index contributed by atoms with van der Waals surface area (Å²) in [5.74, 6) is 0.925. The van der Waals surface area contributed by atoms with Crippen LogP contribution < -0.4 is 15.2 Å². The molecule has 5 N–H and O–H groups in total. The van der Waals surface area contributed by atoms with Crippen LogP contribution in [0.2, 0.25) is 0 Å². The second-order valence-electron chi connectivity index (χ2n) is 8.05. The number of anilines is 1. The summed E-state index contributed by atoms with van der Waals surface area (Å²) in [6.07, 6.45) is 8.88. The molecule has 182 valence electrons. The highest BCUT2D eigenvalue weighted by Gasteiger charge is 2.17. The zero-order chi connectivity index (χ0) is 24.2. The van der Waals surface area contributed by atoms with Gasteiger partial charge in [-0.2, -0.15) is 4.57 Å². The molecular formula is C26H35N4O2S2+. The maximum atomic E-state index is 9.26. The molecule has 0 atom stereocenters. The molecule has 0 bridgehead atoms. The van der Waals surface area contributed by atoms with E-state index in [2.05, 4.69) is 53.1 Å². The van der Waals surface area contributed by atoms with Gasteiger partial charge in [-0.25, -0.2) is 0 Å². The zero-order valence-electron chi connectivity index (χ0n) is 19.5. The van der Waals surface area contributed by atoms with Crippen LogP contribution in [0.1, 0.15) is 36.3 Å². The van der Waals surface area contributed by atoms with Crippen LogP contribution in [0.4, 0.5) is 5.69 Å². The highest BCUT2D eigenvalue weighted by Crippen LogP contribution is 2.23. The molecular weight excluding hydrogens is 464 g/mol. The molecule has 1 aromatic heterocycles. The second kappa shape index (κ2) is 14.1. The summed E-state index contributed by atoms with van der Waals surface area (Å²) >= 11 is 3.24. The Hall–Kier alpha value is -2.39. The normalized spacial score (nSPS) is 11.5. The molecule has 0 aliphatic heterocycles. The van der Waals surface area contributed by atoms with E-state index in [1.165, 1.54) is 33.4 Å². The average molecular weight is 500 g/mol. The van der Waals surface area contributed by atoms with Crippen molar-refractivity contribution in [3.05, 3.63) is 59.1 Å². The van der Waals surface area contributed by atoms with Gasteiger partial charge >= 0.3 is 0 Å². The van der Waals surface area contributed by atoms with Crippen LogP contribution in [0.25, 0.3) is 22.4 Å². The van der Waals surface area contributed by atoms with Crippen molar-refractivity contribution in [1.29, 1.82) is 5.41 Å². The predicted octanol–water partition coefficient (Wildman–Crippen LogP) is 4.34. The maximum Gasteiger partial charge on any atom is 0.262 e. The van der Waals surface area contributed by atoms with Crippen molar-refractivity contribution >= 4 is 56.3 Å². The van der Waals surface area contributed by atoms with Gasteiger partial charge in [0.2, 0.25) is 5.52 Å². The Morgan fingerprint density at radius 3 is 2.38 bits per heavy atom. The third-order valence-electron chi connectivity index (χ3n) is 5.59. The molecule has 0 saturated heterocycles. The van der Waals surface area contributed by atoms with E-state index in [-0.39, 0.29) is 18.4 Å². The van der Waals surface area contributed by atoms with Crippen LogP contribution in [0, 0.1) is 5.41 Å². The molecule has 0 fully saturated rings. The largest absolute Gasteiger partial charge is 0.395 e. The van der Waals surface area contributed by atoms with Crippen LogP contribution in [-0.4, -0.2) is 47.4 Å². The number of nitrogens with one attached hydrogen (secondary N) is 1. The van der Waals surface area contributed by atoms with Crippen molar-refractivity contribution in [1.82, 2.24) is 0 Å². The highest BCUT2D eigenvalue weighted by atomic mass is 32.2. The number of nitrogens with two attached hydrogens (primary N) is 1. The Bertz CT molecular complexity index is 1060.